The van der Waals surface area contributed by atoms with Crippen molar-refractivity contribution in [2.24, 2.45) is 5.73 Å². The zero-order chi connectivity index (χ0) is 27.0. The molecular weight excluding hydrogens is 488 g/mol. The standard InChI is InChI=1S/C28H32N4O6/c1-12-6-15-7-17-19(9-29)32-18(23(31(17)4)21(15)24(34)25(12)35-5)8-16-22(20(32)10-30)28-27(36-11-37-28)13(2)26(16)38-14(3)33/h6,17-20,23,34H,7-8,10-11,30H2,1-5H3/t17-,18?,19-,20-,23-/m0/s1. The number of carbonyl (C=O) groups excluding carboxylic acids is 1. The second-order valence-corrected chi connectivity index (χ2v) is 10.6. The summed E-state index contributed by atoms with van der Waals surface area (Å²) in [5.74, 6) is 1.75. The topological polar surface area (TPSA) is 131 Å². The van der Waals surface area contributed by atoms with Gasteiger partial charge in [0.15, 0.2) is 23.0 Å². The number of phenolic OH excluding ortho intramolecular Hbond substituents is 1. The van der Waals surface area contributed by atoms with E-state index < -0.39 is 12.0 Å². The van der Waals surface area contributed by atoms with Crippen LogP contribution in [0.4, 0.5) is 0 Å². The summed E-state index contributed by atoms with van der Waals surface area (Å²) in [7, 11) is 3.57. The van der Waals surface area contributed by atoms with Crippen molar-refractivity contribution in [3.8, 4) is 34.8 Å². The highest BCUT2D eigenvalue weighted by molar-refractivity contribution is 5.74. The summed E-state index contributed by atoms with van der Waals surface area (Å²) >= 11 is 0. The minimum Gasteiger partial charge on any atom is -0.504 e. The van der Waals surface area contributed by atoms with Crippen LogP contribution < -0.4 is 24.7 Å². The van der Waals surface area contributed by atoms with E-state index in [0.29, 0.717) is 41.4 Å². The van der Waals surface area contributed by atoms with Crippen LogP contribution in [0.25, 0.3) is 0 Å². The van der Waals surface area contributed by atoms with Gasteiger partial charge in [-0.2, -0.15) is 5.26 Å². The smallest absolute Gasteiger partial charge is 0.308 e. The number of nitrogens with two attached hydrogens (primary N) is 1. The van der Waals surface area contributed by atoms with Gasteiger partial charge in [-0.15, -0.1) is 0 Å². The Morgan fingerprint density at radius 1 is 1.21 bits per heavy atom. The average molecular weight is 521 g/mol. The number of aryl methyl sites for hydroxylation is 1. The van der Waals surface area contributed by atoms with Gasteiger partial charge in [-0.25, -0.2) is 0 Å². The van der Waals surface area contributed by atoms with Gasteiger partial charge in [-0.05, 0) is 44.9 Å². The molecule has 1 saturated heterocycles. The second-order valence-electron chi connectivity index (χ2n) is 10.6. The summed E-state index contributed by atoms with van der Waals surface area (Å²) in [5, 5.41) is 22.0. The number of nitrogens with zero attached hydrogens (tertiary/aromatic N) is 3. The van der Waals surface area contributed by atoms with E-state index in [-0.39, 0.29) is 43.3 Å². The number of aromatic hydroxyl groups is 1. The van der Waals surface area contributed by atoms with E-state index in [9.17, 15) is 15.2 Å². The minimum absolute atomic E-state index is 0.0585. The number of nitriles is 1. The molecule has 1 unspecified atom stereocenters. The number of esters is 1. The molecule has 38 heavy (non-hydrogen) atoms. The number of rotatable bonds is 3. The molecule has 4 aliphatic heterocycles. The van der Waals surface area contributed by atoms with Gasteiger partial charge in [-0.1, -0.05) is 6.07 Å². The molecule has 200 valence electrons. The molecule has 10 heteroatoms. The Kier molecular flexibility index (Phi) is 5.72. The fourth-order valence-electron chi connectivity index (χ4n) is 7.34. The number of piperazine rings is 1. The van der Waals surface area contributed by atoms with Gasteiger partial charge in [0.2, 0.25) is 6.79 Å². The highest BCUT2D eigenvalue weighted by Gasteiger charge is 2.56. The Balaban J connectivity index is 1.62. The molecule has 2 aromatic carbocycles. The van der Waals surface area contributed by atoms with Crippen LogP contribution in [0.1, 0.15) is 52.4 Å². The number of fused-ring (bicyclic) bond motifs is 9. The Hall–Kier alpha value is -3.52. The number of hydrogen-bond donors (Lipinski definition) is 2. The maximum Gasteiger partial charge on any atom is 0.308 e. The minimum atomic E-state index is -0.461. The first-order valence-electron chi connectivity index (χ1n) is 12.8. The third-order valence-electron chi connectivity index (χ3n) is 8.73. The van der Waals surface area contributed by atoms with Crippen molar-refractivity contribution >= 4 is 5.97 Å². The molecule has 0 saturated carbocycles. The van der Waals surface area contributed by atoms with Crippen LogP contribution >= 0.6 is 0 Å². The lowest BCUT2D eigenvalue weighted by Crippen LogP contribution is -2.68. The summed E-state index contributed by atoms with van der Waals surface area (Å²) in [6.45, 7) is 5.42. The monoisotopic (exact) mass is 520 g/mol. The molecule has 0 amide bonds. The van der Waals surface area contributed by atoms with Crippen LogP contribution in [0, 0.1) is 25.2 Å². The molecule has 0 aromatic heterocycles. The van der Waals surface area contributed by atoms with Gasteiger partial charge in [0.1, 0.15) is 11.8 Å². The van der Waals surface area contributed by atoms with E-state index in [1.54, 1.807) is 7.11 Å². The number of methoxy groups -OCH3 is 1. The zero-order valence-corrected chi connectivity index (χ0v) is 22.2. The van der Waals surface area contributed by atoms with Gasteiger partial charge < -0.3 is 29.8 Å². The number of hydrogen-bond acceptors (Lipinski definition) is 10. The molecule has 1 fully saturated rings. The number of ether oxygens (including phenoxy) is 4. The SMILES string of the molecule is COc1c(C)cc2c(c1O)[C@@H]1C3Cc4c(OC(C)=O)c(C)c5c(c4[C@H](CN)N3[C@@H](C#N)[C@H](C2)N1C)OCO5. The molecular formula is C28H32N4O6. The molecule has 4 heterocycles. The van der Waals surface area contributed by atoms with Gasteiger partial charge in [0.25, 0.3) is 0 Å². The molecule has 2 bridgehead atoms. The van der Waals surface area contributed by atoms with Crippen molar-refractivity contribution in [3.63, 3.8) is 0 Å². The molecule has 3 N–H and O–H groups in total. The van der Waals surface area contributed by atoms with E-state index in [2.05, 4.69) is 21.9 Å². The lowest BCUT2D eigenvalue weighted by Gasteiger charge is -2.59. The van der Waals surface area contributed by atoms with Crippen molar-refractivity contribution in [2.75, 3.05) is 27.5 Å². The first kappa shape index (κ1) is 24.8. The van der Waals surface area contributed by atoms with Crippen molar-refractivity contribution in [1.29, 1.82) is 5.26 Å². The lowest BCUT2D eigenvalue weighted by atomic mass is 9.71. The first-order valence-corrected chi connectivity index (χ1v) is 12.8. The zero-order valence-electron chi connectivity index (χ0n) is 22.2. The summed E-state index contributed by atoms with van der Waals surface area (Å²) in [6, 6.07) is 3.20. The van der Waals surface area contributed by atoms with E-state index in [4.69, 9.17) is 24.7 Å². The van der Waals surface area contributed by atoms with Crippen molar-refractivity contribution < 1.29 is 28.8 Å². The molecule has 0 radical (unpaired) electrons. The number of likely N-dealkylation sites (N-methyl/N-ethyl adjacent to an activating group) is 1. The van der Waals surface area contributed by atoms with E-state index in [1.807, 2.05) is 20.9 Å². The third-order valence-corrected chi connectivity index (χ3v) is 8.73. The third kappa shape index (κ3) is 3.19. The number of carbonyl (C=O) groups is 1. The van der Waals surface area contributed by atoms with Crippen LogP contribution in [0.2, 0.25) is 0 Å². The molecule has 0 aliphatic carbocycles. The number of phenols is 1. The van der Waals surface area contributed by atoms with Gasteiger partial charge in [0, 0.05) is 47.8 Å². The maximum atomic E-state index is 12.2. The predicted molar refractivity (Wildman–Crippen MR) is 137 cm³/mol. The summed E-state index contributed by atoms with van der Waals surface area (Å²) in [5.41, 5.74) is 11.5. The van der Waals surface area contributed by atoms with Gasteiger partial charge >= 0.3 is 5.97 Å². The second kappa shape index (κ2) is 8.76. The Bertz CT molecular complexity index is 1400. The Labute approximate surface area is 221 Å². The fraction of sp³-hybridized carbons (Fsp3) is 0.500. The van der Waals surface area contributed by atoms with Crippen LogP contribution in [0.3, 0.4) is 0 Å². The van der Waals surface area contributed by atoms with Crippen molar-refractivity contribution in [3.05, 3.63) is 39.4 Å². The largest absolute Gasteiger partial charge is 0.504 e. The molecule has 6 rings (SSSR count). The molecule has 0 spiro atoms. The van der Waals surface area contributed by atoms with Crippen LogP contribution in [-0.2, 0) is 17.6 Å². The summed E-state index contributed by atoms with van der Waals surface area (Å²) < 4.78 is 23.1. The predicted octanol–water partition coefficient (Wildman–Crippen LogP) is 2.40. The lowest BCUT2D eigenvalue weighted by molar-refractivity contribution is -0.132. The highest BCUT2D eigenvalue weighted by atomic mass is 16.7. The molecule has 10 nitrogen and oxygen atoms in total. The first-order chi connectivity index (χ1) is 18.2. The van der Waals surface area contributed by atoms with E-state index in [1.165, 1.54) is 6.92 Å². The van der Waals surface area contributed by atoms with Crippen molar-refractivity contribution in [2.45, 2.75) is 63.8 Å². The maximum absolute atomic E-state index is 12.2. The fourth-order valence-corrected chi connectivity index (χ4v) is 7.34. The molecule has 5 atom stereocenters. The average Bonchev–Trinajstić information content (AvgIpc) is 3.36. The van der Waals surface area contributed by atoms with Gasteiger partial charge in [-0.3, -0.25) is 14.6 Å². The summed E-state index contributed by atoms with van der Waals surface area (Å²) in [6.07, 6.45) is 1.07. The van der Waals surface area contributed by atoms with Crippen LogP contribution in [-0.4, -0.2) is 66.5 Å². The number of benzene rings is 2. The van der Waals surface area contributed by atoms with E-state index in [0.717, 1.165) is 27.8 Å². The molecule has 2 aromatic rings. The summed E-state index contributed by atoms with van der Waals surface area (Å²) in [4.78, 5) is 16.6. The van der Waals surface area contributed by atoms with E-state index >= 15 is 0 Å². The normalized spacial score (nSPS) is 27.1. The Morgan fingerprint density at radius 2 is 1.95 bits per heavy atom. The van der Waals surface area contributed by atoms with Crippen molar-refractivity contribution in [1.82, 2.24) is 9.80 Å². The van der Waals surface area contributed by atoms with Crippen LogP contribution in [0.5, 0.6) is 28.7 Å². The van der Waals surface area contributed by atoms with Gasteiger partial charge in [0.05, 0.1) is 25.3 Å². The van der Waals surface area contributed by atoms with Crippen LogP contribution in [0.15, 0.2) is 6.07 Å². The quantitative estimate of drug-likeness (QED) is 0.459. The Morgan fingerprint density at radius 3 is 2.61 bits per heavy atom. The highest BCUT2D eigenvalue weighted by Crippen LogP contribution is 2.58. The molecule has 4 aliphatic rings.